The normalized spacial score (nSPS) is 11.0. The maximum Gasteiger partial charge on any atom is 0.269 e. The van der Waals surface area contributed by atoms with Crippen molar-refractivity contribution < 1.29 is 14.4 Å². The van der Waals surface area contributed by atoms with Crippen molar-refractivity contribution in [1.29, 1.82) is 0 Å². The highest BCUT2D eigenvalue weighted by molar-refractivity contribution is 5.77. The van der Waals surface area contributed by atoms with Gasteiger partial charge in [0.05, 0.1) is 25.7 Å². The van der Waals surface area contributed by atoms with E-state index in [1.54, 1.807) is 26.4 Å². The van der Waals surface area contributed by atoms with Crippen molar-refractivity contribution >= 4 is 11.6 Å². The molecule has 2 aromatic rings. The van der Waals surface area contributed by atoms with E-state index in [4.69, 9.17) is 15.2 Å². The predicted octanol–water partition coefficient (Wildman–Crippen LogP) is 2.22. The maximum absolute atomic E-state index is 10.8. The van der Waals surface area contributed by atoms with Crippen LogP contribution in [0.5, 0.6) is 11.5 Å². The standard InChI is InChI=1S/C17H20N4O4/c1-24-15-7-6-13(9-16(15)25-2)11-20-17(18)19-10-12-4-3-5-14(8-12)21(22)23/h3-9H,10-11H2,1-2H3,(H3,18,19,20). The lowest BCUT2D eigenvalue weighted by Gasteiger charge is -2.10. The van der Waals surface area contributed by atoms with Crippen LogP contribution in [0, 0.1) is 10.1 Å². The van der Waals surface area contributed by atoms with Crippen molar-refractivity contribution in [2.45, 2.75) is 13.1 Å². The molecule has 25 heavy (non-hydrogen) atoms. The third-order valence-corrected chi connectivity index (χ3v) is 3.47. The number of nitrogens with one attached hydrogen (secondary N) is 1. The lowest BCUT2D eigenvalue weighted by atomic mass is 10.2. The minimum absolute atomic E-state index is 0.0320. The van der Waals surface area contributed by atoms with Crippen LogP contribution in [0.2, 0.25) is 0 Å². The zero-order valence-electron chi connectivity index (χ0n) is 14.1. The molecule has 8 heteroatoms. The number of nitro groups is 1. The van der Waals surface area contributed by atoms with E-state index in [2.05, 4.69) is 10.3 Å². The molecule has 0 saturated carbocycles. The smallest absolute Gasteiger partial charge is 0.269 e. The summed E-state index contributed by atoms with van der Waals surface area (Å²) in [6.45, 7) is 0.719. The second-order valence-electron chi connectivity index (χ2n) is 5.17. The summed E-state index contributed by atoms with van der Waals surface area (Å²) in [6, 6.07) is 11.8. The Hall–Kier alpha value is -3.29. The molecule has 132 valence electrons. The zero-order valence-corrected chi connectivity index (χ0v) is 14.1. The molecule has 2 rings (SSSR count). The van der Waals surface area contributed by atoms with Gasteiger partial charge in [0.2, 0.25) is 0 Å². The molecule has 0 unspecified atom stereocenters. The minimum Gasteiger partial charge on any atom is -0.493 e. The Bertz CT molecular complexity index is 777. The number of non-ortho nitro benzene ring substituents is 1. The molecule has 0 heterocycles. The molecule has 0 bridgehead atoms. The van der Waals surface area contributed by atoms with Crippen LogP contribution in [0.1, 0.15) is 11.1 Å². The van der Waals surface area contributed by atoms with Gasteiger partial charge in [0.25, 0.3) is 5.69 Å². The largest absolute Gasteiger partial charge is 0.493 e. The molecule has 0 amide bonds. The summed E-state index contributed by atoms with van der Waals surface area (Å²) in [6.07, 6.45) is 0. The molecule has 0 aliphatic heterocycles. The third-order valence-electron chi connectivity index (χ3n) is 3.47. The molecule has 0 atom stereocenters. The number of guanidine groups is 1. The number of nitro benzene ring substituents is 1. The van der Waals surface area contributed by atoms with Crippen molar-refractivity contribution in [3.05, 3.63) is 63.7 Å². The van der Waals surface area contributed by atoms with Gasteiger partial charge in [-0.15, -0.1) is 0 Å². The Balaban J connectivity index is 1.95. The van der Waals surface area contributed by atoms with Crippen LogP contribution < -0.4 is 20.5 Å². The van der Waals surface area contributed by atoms with E-state index in [0.717, 1.165) is 5.56 Å². The first kappa shape index (κ1) is 18.1. The van der Waals surface area contributed by atoms with Crippen molar-refractivity contribution in [1.82, 2.24) is 5.32 Å². The van der Waals surface area contributed by atoms with Crippen LogP contribution in [-0.4, -0.2) is 25.1 Å². The van der Waals surface area contributed by atoms with Gasteiger partial charge < -0.3 is 20.5 Å². The summed E-state index contributed by atoms with van der Waals surface area (Å²) in [7, 11) is 3.15. The van der Waals surface area contributed by atoms with Gasteiger partial charge in [-0.1, -0.05) is 18.2 Å². The second kappa shape index (κ2) is 8.53. The topological polar surface area (TPSA) is 112 Å². The van der Waals surface area contributed by atoms with E-state index in [9.17, 15) is 10.1 Å². The van der Waals surface area contributed by atoms with E-state index >= 15 is 0 Å². The lowest BCUT2D eigenvalue weighted by molar-refractivity contribution is -0.384. The van der Waals surface area contributed by atoms with Gasteiger partial charge in [-0.25, -0.2) is 4.99 Å². The van der Waals surface area contributed by atoms with E-state index in [-0.39, 0.29) is 18.2 Å². The molecule has 2 aromatic carbocycles. The average Bonchev–Trinajstić information content (AvgIpc) is 2.64. The fourth-order valence-corrected chi connectivity index (χ4v) is 2.18. The number of nitrogens with zero attached hydrogens (tertiary/aromatic N) is 2. The average molecular weight is 344 g/mol. The minimum atomic E-state index is -0.439. The van der Waals surface area contributed by atoms with Gasteiger partial charge in [0.15, 0.2) is 17.5 Å². The molecule has 0 aliphatic carbocycles. The summed E-state index contributed by atoms with van der Waals surface area (Å²) >= 11 is 0. The molecule has 0 spiro atoms. The number of benzene rings is 2. The first-order chi connectivity index (χ1) is 12.0. The monoisotopic (exact) mass is 344 g/mol. The number of ether oxygens (including phenoxy) is 2. The van der Waals surface area contributed by atoms with E-state index < -0.39 is 4.92 Å². The van der Waals surface area contributed by atoms with Gasteiger partial charge in [0, 0.05) is 18.7 Å². The summed E-state index contributed by atoms with van der Waals surface area (Å²) in [5, 5.41) is 13.8. The zero-order chi connectivity index (χ0) is 18.2. The molecule has 8 nitrogen and oxygen atoms in total. The molecular weight excluding hydrogens is 324 g/mol. The van der Waals surface area contributed by atoms with Gasteiger partial charge in [-0.3, -0.25) is 10.1 Å². The van der Waals surface area contributed by atoms with Crippen molar-refractivity contribution in [3.8, 4) is 11.5 Å². The first-order valence-corrected chi connectivity index (χ1v) is 7.51. The second-order valence-corrected chi connectivity index (χ2v) is 5.17. The van der Waals surface area contributed by atoms with Crippen LogP contribution >= 0.6 is 0 Å². The summed E-state index contributed by atoms with van der Waals surface area (Å²) in [5.41, 5.74) is 7.54. The van der Waals surface area contributed by atoms with E-state index in [0.29, 0.717) is 23.6 Å². The van der Waals surface area contributed by atoms with Crippen molar-refractivity contribution in [2.75, 3.05) is 14.2 Å². The van der Waals surface area contributed by atoms with Gasteiger partial charge in [0.1, 0.15) is 0 Å². The highest BCUT2D eigenvalue weighted by atomic mass is 16.6. The van der Waals surface area contributed by atoms with Gasteiger partial charge in [-0.2, -0.15) is 0 Å². The highest BCUT2D eigenvalue weighted by Crippen LogP contribution is 2.27. The number of nitrogens with two attached hydrogens (primary N) is 1. The maximum atomic E-state index is 10.8. The summed E-state index contributed by atoms with van der Waals surface area (Å²) in [5.74, 6) is 1.54. The first-order valence-electron chi connectivity index (χ1n) is 7.51. The Morgan fingerprint density at radius 3 is 2.60 bits per heavy atom. The molecule has 0 radical (unpaired) electrons. The Kier molecular flexibility index (Phi) is 6.16. The fraction of sp³-hybridized carbons (Fsp3) is 0.235. The van der Waals surface area contributed by atoms with Crippen LogP contribution in [0.4, 0.5) is 5.69 Å². The molecule has 0 aliphatic rings. The van der Waals surface area contributed by atoms with Gasteiger partial charge in [-0.05, 0) is 23.3 Å². The molecular formula is C17H20N4O4. The fourth-order valence-electron chi connectivity index (χ4n) is 2.18. The molecule has 0 fully saturated rings. The Morgan fingerprint density at radius 2 is 1.92 bits per heavy atom. The van der Waals surface area contributed by atoms with Crippen molar-refractivity contribution in [3.63, 3.8) is 0 Å². The number of rotatable bonds is 7. The quantitative estimate of drug-likeness (QED) is 0.345. The molecule has 0 saturated heterocycles. The van der Waals surface area contributed by atoms with Crippen LogP contribution in [0.25, 0.3) is 0 Å². The van der Waals surface area contributed by atoms with E-state index in [1.165, 1.54) is 12.1 Å². The molecule has 3 N–H and O–H groups in total. The summed E-state index contributed by atoms with van der Waals surface area (Å²) in [4.78, 5) is 14.5. The van der Waals surface area contributed by atoms with Crippen molar-refractivity contribution in [2.24, 2.45) is 10.7 Å². The Morgan fingerprint density at radius 1 is 1.16 bits per heavy atom. The molecule has 0 aromatic heterocycles. The van der Waals surface area contributed by atoms with Crippen LogP contribution in [-0.2, 0) is 13.1 Å². The number of methoxy groups -OCH3 is 2. The number of hydrogen-bond donors (Lipinski definition) is 2. The van der Waals surface area contributed by atoms with Gasteiger partial charge >= 0.3 is 0 Å². The van der Waals surface area contributed by atoms with Crippen LogP contribution in [0.3, 0.4) is 0 Å². The number of hydrogen-bond acceptors (Lipinski definition) is 5. The lowest BCUT2D eigenvalue weighted by Crippen LogP contribution is -2.31. The summed E-state index contributed by atoms with van der Waals surface area (Å²) < 4.78 is 10.4. The Labute approximate surface area is 145 Å². The highest BCUT2D eigenvalue weighted by Gasteiger charge is 2.06. The predicted molar refractivity (Wildman–Crippen MR) is 94.8 cm³/mol. The third kappa shape index (κ3) is 5.10. The van der Waals surface area contributed by atoms with Crippen LogP contribution in [0.15, 0.2) is 47.5 Å². The number of aliphatic imine (C=N–C) groups is 1. The van der Waals surface area contributed by atoms with E-state index in [1.807, 2.05) is 18.2 Å². The SMILES string of the molecule is COc1ccc(CNC(N)=NCc2cccc([N+](=O)[O-])c2)cc1OC.